The Balaban J connectivity index is 1.78. The maximum absolute atomic E-state index is 13.3. The van der Waals surface area contributed by atoms with Crippen LogP contribution in [0.5, 0.6) is 17.2 Å². The Morgan fingerprint density at radius 3 is 2.82 bits per heavy atom. The molecule has 3 aromatic rings. The first-order valence-electron chi connectivity index (χ1n) is 9.11. The Morgan fingerprint density at radius 2 is 2.00 bits per heavy atom. The molecule has 0 saturated heterocycles. The van der Waals surface area contributed by atoms with E-state index in [0.717, 1.165) is 11.3 Å². The van der Waals surface area contributed by atoms with Crippen LogP contribution in [0.2, 0.25) is 0 Å². The van der Waals surface area contributed by atoms with Gasteiger partial charge < -0.3 is 24.0 Å². The predicted octanol–water partition coefficient (Wildman–Crippen LogP) is 2.31. The summed E-state index contributed by atoms with van der Waals surface area (Å²) in [6, 6.07) is 11.0. The number of carbonyl (C=O) groups excluding carboxylic acids is 1. The number of pyridine rings is 1. The van der Waals surface area contributed by atoms with Crippen LogP contribution in [0.4, 0.5) is 5.69 Å². The average molecular weight is 378 g/mol. The Hall–Kier alpha value is -3.48. The SMILES string of the molecule is COc1ccc2c3c1c(O)c(C(=O)N1CCc4ccccc41)c(=O)n3CCO2. The molecule has 0 atom stereocenters. The highest BCUT2D eigenvalue weighted by atomic mass is 16.5. The Morgan fingerprint density at radius 1 is 1.18 bits per heavy atom. The molecule has 7 heteroatoms. The molecule has 2 aliphatic heterocycles. The third-order valence-corrected chi connectivity index (χ3v) is 5.44. The van der Waals surface area contributed by atoms with Crippen LogP contribution in [0.1, 0.15) is 15.9 Å². The molecule has 7 nitrogen and oxygen atoms in total. The summed E-state index contributed by atoms with van der Waals surface area (Å²) >= 11 is 0. The minimum absolute atomic E-state index is 0.235. The third kappa shape index (κ3) is 2.16. The first kappa shape index (κ1) is 16.7. The topological polar surface area (TPSA) is 81.0 Å². The van der Waals surface area contributed by atoms with Gasteiger partial charge in [-0.25, -0.2) is 0 Å². The number of para-hydroxylation sites is 1. The fraction of sp³-hybridized carbons (Fsp3) is 0.238. The lowest BCUT2D eigenvalue weighted by molar-refractivity contribution is 0.0984. The average Bonchev–Trinajstić information content (AvgIpc) is 3.15. The van der Waals surface area contributed by atoms with Crippen LogP contribution in [-0.4, -0.2) is 35.8 Å². The second-order valence-electron chi connectivity index (χ2n) is 6.85. The van der Waals surface area contributed by atoms with Crippen molar-refractivity contribution in [3.63, 3.8) is 0 Å². The zero-order valence-electron chi connectivity index (χ0n) is 15.3. The number of fused-ring (bicyclic) bond motifs is 1. The third-order valence-electron chi connectivity index (χ3n) is 5.44. The lowest BCUT2D eigenvalue weighted by Gasteiger charge is -2.24. The van der Waals surface area contributed by atoms with Gasteiger partial charge in [-0.15, -0.1) is 0 Å². The fourth-order valence-corrected chi connectivity index (χ4v) is 4.14. The number of ether oxygens (including phenoxy) is 2. The smallest absolute Gasteiger partial charge is 0.267 e. The molecule has 1 N–H and O–H groups in total. The molecule has 0 bridgehead atoms. The molecule has 0 saturated carbocycles. The van der Waals surface area contributed by atoms with Gasteiger partial charge in [0, 0.05) is 12.2 Å². The maximum atomic E-state index is 13.3. The number of aromatic nitrogens is 1. The molecule has 28 heavy (non-hydrogen) atoms. The van der Waals surface area contributed by atoms with Crippen molar-refractivity contribution in [2.75, 3.05) is 25.2 Å². The number of anilines is 1. The van der Waals surface area contributed by atoms with E-state index in [1.807, 2.05) is 24.3 Å². The highest BCUT2D eigenvalue weighted by Crippen LogP contribution is 2.41. The van der Waals surface area contributed by atoms with Crippen molar-refractivity contribution >= 4 is 22.5 Å². The quantitative estimate of drug-likeness (QED) is 0.740. The molecule has 142 valence electrons. The molecule has 3 heterocycles. The summed E-state index contributed by atoms with van der Waals surface area (Å²) in [7, 11) is 1.48. The number of hydrogen-bond acceptors (Lipinski definition) is 5. The maximum Gasteiger partial charge on any atom is 0.267 e. The van der Waals surface area contributed by atoms with Crippen LogP contribution in [-0.2, 0) is 13.0 Å². The predicted molar refractivity (Wildman–Crippen MR) is 104 cm³/mol. The number of methoxy groups -OCH3 is 1. The van der Waals surface area contributed by atoms with Crippen LogP contribution in [0, 0.1) is 0 Å². The number of hydrogen-bond donors (Lipinski definition) is 1. The van der Waals surface area contributed by atoms with Crippen LogP contribution in [0.25, 0.3) is 10.9 Å². The second-order valence-corrected chi connectivity index (χ2v) is 6.85. The number of amides is 1. The van der Waals surface area contributed by atoms with Crippen molar-refractivity contribution < 1.29 is 19.4 Å². The van der Waals surface area contributed by atoms with E-state index in [9.17, 15) is 14.7 Å². The van der Waals surface area contributed by atoms with E-state index >= 15 is 0 Å². The van der Waals surface area contributed by atoms with Crippen molar-refractivity contribution in [2.45, 2.75) is 13.0 Å². The van der Waals surface area contributed by atoms with Gasteiger partial charge in [0.15, 0.2) is 0 Å². The normalized spacial score (nSPS) is 14.7. The molecule has 2 aromatic carbocycles. The summed E-state index contributed by atoms with van der Waals surface area (Å²) in [6.07, 6.45) is 0.714. The lowest BCUT2D eigenvalue weighted by Crippen LogP contribution is -2.37. The highest BCUT2D eigenvalue weighted by Gasteiger charge is 2.33. The molecule has 1 amide bonds. The number of nitrogens with zero attached hydrogens (tertiary/aromatic N) is 2. The second kappa shape index (κ2) is 6.02. The van der Waals surface area contributed by atoms with Crippen LogP contribution >= 0.6 is 0 Å². The first-order chi connectivity index (χ1) is 13.6. The van der Waals surface area contributed by atoms with Gasteiger partial charge >= 0.3 is 0 Å². The summed E-state index contributed by atoms with van der Waals surface area (Å²) in [5.74, 6) is -0.00165. The lowest BCUT2D eigenvalue weighted by atomic mass is 10.1. The molecule has 0 unspecified atom stereocenters. The zero-order valence-corrected chi connectivity index (χ0v) is 15.3. The van der Waals surface area contributed by atoms with E-state index in [2.05, 4.69) is 0 Å². The molecule has 1 aromatic heterocycles. The van der Waals surface area contributed by atoms with Gasteiger partial charge in [0.25, 0.3) is 11.5 Å². The Kier molecular flexibility index (Phi) is 3.58. The van der Waals surface area contributed by atoms with Crippen LogP contribution in [0.3, 0.4) is 0 Å². The fourth-order valence-electron chi connectivity index (χ4n) is 4.14. The van der Waals surface area contributed by atoms with Gasteiger partial charge in [0.05, 0.1) is 19.0 Å². The van der Waals surface area contributed by atoms with E-state index < -0.39 is 11.5 Å². The van der Waals surface area contributed by atoms with Gasteiger partial charge in [0.1, 0.15) is 34.9 Å². The van der Waals surface area contributed by atoms with Crippen LogP contribution in [0.15, 0.2) is 41.2 Å². The summed E-state index contributed by atoms with van der Waals surface area (Å²) in [5.41, 5.74) is 1.52. The van der Waals surface area contributed by atoms with E-state index in [1.165, 1.54) is 11.7 Å². The van der Waals surface area contributed by atoms with E-state index in [-0.39, 0.29) is 11.3 Å². The van der Waals surface area contributed by atoms with Gasteiger partial charge in [-0.05, 0) is 30.2 Å². The molecule has 0 spiro atoms. The number of carbonyl (C=O) groups is 1. The minimum atomic E-state index is -0.516. The molecule has 0 aliphatic carbocycles. The molecule has 2 aliphatic rings. The van der Waals surface area contributed by atoms with Gasteiger partial charge in [-0.1, -0.05) is 18.2 Å². The number of rotatable bonds is 2. The van der Waals surface area contributed by atoms with Crippen molar-refractivity contribution in [3.05, 3.63) is 57.9 Å². The molecule has 0 fully saturated rings. The minimum Gasteiger partial charge on any atom is -0.506 e. The van der Waals surface area contributed by atoms with E-state index in [1.54, 1.807) is 17.0 Å². The monoisotopic (exact) mass is 378 g/mol. The summed E-state index contributed by atoms with van der Waals surface area (Å²) in [6.45, 7) is 1.08. The van der Waals surface area contributed by atoms with Crippen molar-refractivity contribution in [3.8, 4) is 17.2 Å². The van der Waals surface area contributed by atoms with Crippen molar-refractivity contribution in [1.82, 2.24) is 4.57 Å². The summed E-state index contributed by atoms with van der Waals surface area (Å²) in [4.78, 5) is 28.1. The van der Waals surface area contributed by atoms with Gasteiger partial charge in [0.2, 0.25) is 0 Å². The Labute approximate surface area is 160 Å². The zero-order chi connectivity index (χ0) is 19.4. The molecular weight excluding hydrogens is 360 g/mol. The Bertz CT molecular complexity index is 1200. The van der Waals surface area contributed by atoms with Crippen molar-refractivity contribution in [1.29, 1.82) is 0 Å². The molecular formula is C21H18N2O5. The number of benzene rings is 2. The molecule has 5 rings (SSSR count). The summed E-state index contributed by atoms with van der Waals surface area (Å²) < 4.78 is 12.5. The number of aromatic hydroxyl groups is 1. The standard InChI is InChI=1S/C21H18N2O5/c1-27-14-6-7-15-18-16(14)19(24)17(21(26)23(18)10-11-28-15)20(25)22-9-8-12-4-2-3-5-13(12)22/h2-7,24H,8-11H2,1H3. The van der Waals surface area contributed by atoms with Gasteiger partial charge in [-0.2, -0.15) is 0 Å². The van der Waals surface area contributed by atoms with Crippen molar-refractivity contribution in [2.24, 2.45) is 0 Å². The van der Waals surface area contributed by atoms with Crippen LogP contribution < -0.4 is 19.9 Å². The van der Waals surface area contributed by atoms with Gasteiger partial charge in [-0.3, -0.25) is 9.59 Å². The molecule has 0 radical (unpaired) electrons. The first-order valence-corrected chi connectivity index (χ1v) is 9.11. The highest BCUT2D eigenvalue weighted by molar-refractivity contribution is 6.12. The van der Waals surface area contributed by atoms with E-state index in [4.69, 9.17) is 9.47 Å². The summed E-state index contributed by atoms with van der Waals surface area (Å²) in [5, 5.41) is 11.3. The largest absolute Gasteiger partial charge is 0.506 e. The van der Waals surface area contributed by atoms with E-state index in [0.29, 0.717) is 48.5 Å².